The summed E-state index contributed by atoms with van der Waals surface area (Å²) in [5.74, 6) is 2.46. The average Bonchev–Trinajstić information content (AvgIpc) is 2.87. The fraction of sp³-hybridized carbons (Fsp3) is 0.750. The summed E-state index contributed by atoms with van der Waals surface area (Å²) in [5.41, 5.74) is 1.23. The predicted octanol–water partition coefficient (Wildman–Crippen LogP) is 4.73. The molecule has 2 heterocycles. The van der Waals surface area contributed by atoms with Gasteiger partial charge in [-0.2, -0.15) is 0 Å². The molecule has 2 saturated heterocycles. The molecule has 8 heteroatoms. The van der Waals surface area contributed by atoms with Crippen LogP contribution in [0.25, 0.3) is 0 Å². The van der Waals surface area contributed by atoms with Crippen LogP contribution in [0.15, 0.2) is 24.3 Å². The first kappa shape index (κ1) is 29.2. The minimum atomic E-state index is -0.562. The van der Waals surface area contributed by atoms with Crippen LogP contribution in [0.1, 0.15) is 47.1 Å². The fourth-order valence-electron chi connectivity index (χ4n) is 5.21. The van der Waals surface area contributed by atoms with Crippen molar-refractivity contribution >= 4 is 17.7 Å². The Morgan fingerprint density at radius 2 is 1.56 bits per heavy atom. The van der Waals surface area contributed by atoms with Gasteiger partial charge in [0.2, 0.25) is 5.91 Å². The van der Waals surface area contributed by atoms with Crippen molar-refractivity contribution < 1.29 is 28.5 Å². The minimum Gasteiger partial charge on any atom is -0.497 e. The van der Waals surface area contributed by atoms with Gasteiger partial charge in [-0.15, -0.1) is 11.8 Å². The molecule has 1 N–H and O–H groups in total. The normalized spacial score (nSPS) is 36.9. The molecule has 3 rings (SSSR count). The quantitative estimate of drug-likeness (QED) is 0.475. The van der Waals surface area contributed by atoms with E-state index in [0.29, 0.717) is 37.6 Å². The van der Waals surface area contributed by atoms with Crippen molar-refractivity contribution in [2.24, 2.45) is 29.6 Å². The van der Waals surface area contributed by atoms with Crippen molar-refractivity contribution in [3.8, 4) is 5.75 Å². The summed E-state index contributed by atoms with van der Waals surface area (Å²) < 4.78 is 30.5. The Bertz CT molecular complexity index is 821. The number of nitrogens with one attached hydrogen (secondary N) is 1. The van der Waals surface area contributed by atoms with Crippen molar-refractivity contribution in [3.63, 3.8) is 0 Å². The highest BCUT2D eigenvalue weighted by Crippen LogP contribution is 2.39. The van der Waals surface area contributed by atoms with Crippen molar-refractivity contribution in [1.82, 2.24) is 5.32 Å². The van der Waals surface area contributed by atoms with Gasteiger partial charge in [-0.25, -0.2) is 0 Å². The van der Waals surface area contributed by atoms with E-state index < -0.39 is 6.29 Å². The maximum absolute atomic E-state index is 12.0. The first-order chi connectivity index (χ1) is 17.2. The number of carbonyl (C=O) groups excluding carboxylic acids is 1. The molecule has 2 fully saturated rings. The summed E-state index contributed by atoms with van der Waals surface area (Å²) in [6.45, 7) is 14.0. The van der Waals surface area contributed by atoms with Crippen molar-refractivity contribution in [3.05, 3.63) is 29.8 Å². The number of methoxy groups -OCH3 is 1. The molecule has 2 aliphatic rings. The number of ether oxygens (including phenoxy) is 5. The molecule has 0 saturated carbocycles. The van der Waals surface area contributed by atoms with E-state index in [1.54, 1.807) is 18.9 Å². The van der Waals surface area contributed by atoms with Crippen molar-refractivity contribution in [2.75, 3.05) is 26.6 Å². The van der Waals surface area contributed by atoms with Gasteiger partial charge in [0.25, 0.3) is 0 Å². The zero-order chi connectivity index (χ0) is 26.4. The summed E-state index contributed by atoms with van der Waals surface area (Å²) in [7, 11) is 1.66. The lowest BCUT2D eigenvalue weighted by atomic mass is 9.80. The predicted molar refractivity (Wildman–Crippen MR) is 143 cm³/mol. The molecule has 1 amide bonds. The zero-order valence-corrected chi connectivity index (χ0v) is 23.9. The second-order valence-electron chi connectivity index (χ2n) is 10.5. The number of carbonyl (C=O) groups is 1. The first-order valence-corrected chi connectivity index (χ1v) is 14.4. The Morgan fingerprint density at radius 1 is 0.917 bits per heavy atom. The molecule has 7 nitrogen and oxygen atoms in total. The molecular formula is C28H45NO6S. The third-order valence-electron chi connectivity index (χ3n) is 8.30. The van der Waals surface area contributed by atoms with Gasteiger partial charge >= 0.3 is 0 Å². The van der Waals surface area contributed by atoms with Gasteiger partial charge in [-0.3, -0.25) is 4.79 Å². The van der Waals surface area contributed by atoms with E-state index >= 15 is 0 Å². The second kappa shape index (κ2) is 13.5. The monoisotopic (exact) mass is 523 g/mol. The highest BCUT2D eigenvalue weighted by atomic mass is 32.2. The van der Waals surface area contributed by atoms with Crippen LogP contribution < -0.4 is 10.1 Å². The summed E-state index contributed by atoms with van der Waals surface area (Å²) >= 11 is 1.75. The Morgan fingerprint density at radius 3 is 2.17 bits per heavy atom. The molecule has 4 unspecified atom stereocenters. The molecule has 36 heavy (non-hydrogen) atoms. The molecule has 1 aromatic carbocycles. The van der Waals surface area contributed by atoms with Gasteiger partial charge in [0.15, 0.2) is 6.29 Å². The lowest BCUT2D eigenvalue weighted by molar-refractivity contribution is -0.259. The maximum Gasteiger partial charge on any atom is 0.217 e. The molecule has 10 atom stereocenters. The average molecular weight is 524 g/mol. The third-order valence-corrected chi connectivity index (χ3v) is 9.31. The van der Waals surface area contributed by atoms with Crippen LogP contribution in [0, 0.1) is 29.6 Å². The SMILES string of the molecule is COc1ccc(COCC2O[C@@H](OCC3O[C@@H](SC)C(C)[C@@H](C)[C@H]3C)C(NC(C)=O)[C@@H](C)[C@H]2C)cc1. The van der Waals surface area contributed by atoms with E-state index in [-0.39, 0.29) is 41.4 Å². The van der Waals surface area contributed by atoms with Gasteiger partial charge in [0, 0.05) is 6.92 Å². The maximum atomic E-state index is 12.0. The van der Waals surface area contributed by atoms with Crippen LogP contribution in [-0.2, 0) is 30.3 Å². The number of amides is 1. The Kier molecular flexibility index (Phi) is 10.9. The van der Waals surface area contributed by atoms with E-state index in [1.165, 1.54) is 6.92 Å². The third kappa shape index (κ3) is 7.16. The van der Waals surface area contributed by atoms with Gasteiger partial charge < -0.3 is 29.0 Å². The molecule has 0 spiro atoms. The van der Waals surface area contributed by atoms with Gasteiger partial charge in [0.1, 0.15) is 11.2 Å². The topological polar surface area (TPSA) is 75.2 Å². The second-order valence-corrected chi connectivity index (χ2v) is 11.5. The van der Waals surface area contributed by atoms with Crippen LogP contribution in [0.4, 0.5) is 0 Å². The smallest absolute Gasteiger partial charge is 0.217 e. The van der Waals surface area contributed by atoms with Gasteiger partial charge in [-0.05, 0) is 53.5 Å². The van der Waals surface area contributed by atoms with E-state index in [0.717, 1.165) is 11.3 Å². The molecule has 0 bridgehead atoms. The van der Waals surface area contributed by atoms with E-state index in [1.807, 2.05) is 24.3 Å². The summed E-state index contributed by atoms with van der Waals surface area (Å²) in [6.07, 6.45) is 1.37. The standard InChI is InChI=1S/C28H45NO6S/c1-16-17(2)25(35-28(36-8)20(16)5)15-33-27-26(29-21(6)30)19(4)18(3)24(34-27)14-32-13-22-9-11-23(31-7)12-10-22/h9-12,16-20,24-28H,13-15H2,1-8H3,(H,29,30)/t16-,17+,18+,19-,20?,24?,25?,26?,27+,28-/m0/s1. The van der Waals surface area contributed by atoms with Crippen molar-refractivity contribution in [1.29, 1.82) is 0 Å². The molecule has 0 aliphatic carbocycles. The number of benzene rings is 1. The molecule has 204 valence electrons. The summed E-state index contributed by atoms with van der Waals surface area (Å²) in [6, 6.07) is 7.63. The van der Waals surface area contributed by atoms with Crippen LogP contribution in [0.3, 0.4) is 0 Å². The molecule has 1 aromatic rings. The highest BCUT2D eigenvalue weighted by molar-refractivity contribution is 7.99. The van der Waals surface area contributed by atoms with Gasteiger partial charge in [0.05, 0.1) is 45.2 Å². The summed E-state index contributed by atoms with van der Waals surface area (Å²) in [5, 5.41) is 3.07. The number of hydrogen-bond acceptors (Lipinski definition) is 7. The molecular weight excluding hydrogens is 478 g/mol. The van der Waals surface area contributed by atoms with Crippen LogP contribution in [0.5, 0.6) is 5.75 Å². The van der Waals surface area contributed by atoms with Crippen LogP contribution in [0.2, 0.25) is 0 Å². The van der Waals surface area contributed by atoms with E-state index in [4.69, 9.17) is 23.7 Å². The zero-order valence-electron chi connectivity index (χ0n) is 23.1. The lowest BCUT2D eigenvalue weighted by Crippen LogP contribution is -2.59. The summed E-state index contributed by atoms with van der Waals surface area (Å²) in [4.78, 5) is 12.0. The molecule has 0 aromatic heterocycles. The first-order valence-electron chi connectivity index (χ1n) is 13.1. The van der Waals surface area contributed by atoms with Crippen LogP contribution >= 0.6 is 11.8 Å². The van der Waals surface area contributed by atoms with E-state index in [2.05, 4.69) is 46.2 Å². The number of hydrogen-bond donors (Lipinski definition) is 1. The highest BCUT2D eigenvalue weighted by Gasteiger charge is 2.44. The number of thioether (sulfide) groups is 1. The van der Waals surface area contributed by atoms with Crippen molar-refractivity contribution in [2.45, 2.75) is 78.1 Å². The lowest BCUT2D eigenvalue weighted by Gasteiger charge is -2.46. The van der Waals surface area contributed by atoms with Gasteiger partial charge in [-0.1, -0.05) is 46.8 Å². The van der Waals surface area contributed by atoms with E-state index in [9.17, 15) is 4.79 Å². The fourth-order valence-corrected chi connectivity index (χ4v) is 6.14. The van der Waals surface area contributed by atoms with Crippen LogP contribution in [-0.4, -0.2) is 62.5 Å². The Labute approximate surface area is 221 Å². The Hall–Kier alpha value is -1.32. The molecule has 2 aliphatic heterocycles. The molecule has 0 radical (unpaired) electrons. The minimum absolute atomic E-state index is 0.0188. The Balaban J connectivity index is 1.63. The largest absolute Gasteiger partial charge is 0.497 e. The number of rotatable bonds is 10.